The average Bonchev–Trinajstić information content (AvgIpc) is 2.22. The monoisotopic (exact) mass is 302 g/mol. The van der Waals surface area contributed by atoms with Gasteiger partial charge in [-0.3, -0.25) is 20.4 Å². The molecule has 0 spiro atoms. The molecule has 0 bridgehead atoms. The van der Waals surface area contributed by atoms with Crippen molar-refractivity contribution in [3.05, 3.63) is 0 Å². The molecule has 0 saturated heterocycles. The summed E-state index contributed by atoms with van der Waals surface area (Å²) in [4.78, 5) is 22.1. The largest absolute Gasteiger partial charge is 0.367 e. The summed E-state index contributed by atoms with van der Waals surface area (Å²) in [6, 6.07) is 0. The average molecular weight is 303 g/mol. The maximum atomic E-state index is 9.23. The first-order chi connectivity index (χ1) is 7.54. The molecule has 0 heterocycles. The molecule has 0 atom stereocenters. The summed E-state index contributed by atoms with van der Waals surface area (Å²) >= 11 is 0. The quantitative estimate of drug-likeness (QED) is 0.224. The van der Waals surface area contributed by atoms with Crippen molar-refractivity contribution in [2.24, 2.45) is 10.2 Å². The van der Waals surface area contributed by atoms with Gasteiger partial charge in [0.05, 0.1) is 0 Å². The lowest BCUT2D eigenvalue weighted by molar-refractivity contribution is -0.116. The van der Waals surface area contributed by atoms with Crippen LogP contribution in [0.15, 0.2) is 10.2 Å². The highest BCUT2D eigenvalue weighted by Crippen LogP contribution is 1.71. The number of rotatable bonds is 6. The zero-order chi connectivity index (χ0) is 12.8. The number of amides is 2. The first-order valence-electron chi connectivity index (χ1n) is 4.32. The predicted octanol–water partition coefficient (Wildman–Crippen LogP) is -0.682. The molecule has 2 amide bonds. The summed E-state index contributed by atoms with van der Waals surface area (Å²) in [6.07, 6.45) is 4.02. The van der Waals surface area contributed by atoms with Crippen molar-refractivity contribution in [2.45, 2.75) is 0 Å². The fourth-order valence-electron chi connectivity index (χ4n) is 0.334. The van der Waals surface area contributed by atoms with Crippen molar-refractivity contribution in [3.63, 3.8) is 0 Å². The minimum Gasteiger partial charge on any atom is -0.367 e. The van der Waals surface area contributed by atoms with Crippen LogP contribution in [0, 0.1) is 0 Å². The molecule has 0 fully saturated rings. The Kier molecular flexibility index (Phi) is 29.3. The molecule has 0 unspecified atom stereocenters. The second-order valence-electron chi connectivity index (χ2n) is 2.91. The van der Waals surface area contributed by atoms with Gasteiger partial charge in [-0.15, -0.1) is 35.0 Å². The topological polar surface area (TPSA) is 89.4 Å². The molecule has 0 saturated carbocycles. The summed E-state index contributed by atoms with van der Waals surface area (Å²) in [5, 5.41) is 7.48. The minimum atomic E-state index is 0. The number of nitrogens with zero attached hydrogens (tertiary/aromatic N) is 4. The van der Waals surface area contributed by atoms with Gasteiger partial charge in [0, 0.05) is 28.2 Å². The Balaban J connectivity index is -0.000000108. The fraction of sp³-hybridized carbons (Fsp3) is 0.500. The Morgan fingerprint density at radius 3 is 1.22 bits per heavy atom. The molecule has 0 rings (SSSR count). The lowest BCUT2D eigenvalue weighted by Crippen LogP contribution is -2.28. The van der Waals surface area contributed by atoms with Crippen LogP contribution in [0.5, 0.6) is 0 Å². The molecule has 0 aliphatic heterocycles. The van der Waals surface area contributed by atoms with E-state index in [0.717, 1.165) is 0 Å². The Hall–Kier alpha value is -1.54. The smallest absolute Gasteiger partial charge is 0.225 e. The van der Waals surface area contributed by atoms with Crippen molar-refractivity contribution in [3.8, 4) is 0 Å². The number of nitrogens with one attached hydrogen (secondary N) is 2. The SMILES string of the molecule is CN(C)/C=N/N=C/N(C)C.Cl.Cl.O=CNNC=O. The highest BCUT2D eigenvalue weighted by atomic mass is 35.5. The third kappa shape index (κ3) is 36.6. The third-order valence-corrected chi connectivity index (χ3v) is 0.833. The van der Waals surface area contributed by atoms with Crippen molar-refractivity contribution >= 4 is 50.3 Å². The van der Waals surface area contributed by atoms with Crippen LogP contribution in [0.2, 0.25) is 0 Å². The second-order valence-corrected chi connectivity index (χ2v) is 2.91. The summed E-state index contributed by atoms with van der Waals surface area (Å²) < 4.78 is 0. The van der Waals surface area contributed by atoms with Gasteiger partial charge in [-0.1, -0.05) is 0 Å². The third-order valence-electron chi connectivity index (χ3n) is 0.833. The zero-order valence-corrected chi connectivity index (χ0v) is 12.4. The molecule has 0 aromatic heterocycles. The zero-order valence-electron chi connectivity index (χ0n) is 10.7. The maximum Gasteiger partial charge on any atom is 0.225 e. The van der Waals surface area contributed by atoms with E-state index in [1.54, 1.807) is 12.7 Å². The van der Waals surface area contributed by atoms with E-state index >= 15 is 0 Å². The van der Waals surface area contributed by atoms with E-state index in [2.05, 4.69) is 10.2 Å². The van der Waals surface area contributed by atoms with Gasteiger partial charge in [0.15, 0.2) is 0 Å². The van der Waals surface area contributed by atoms with Crippen molar-refractivity contribution < 1.29 is 9.59 Å². The van der Waals surface area contributed by atoms with Crippen LogP contribution in [-0.4, -0.2) is 63.5 Å². The molecule has 8 nitrogen and oxygen atoms in total. The van der Waals surface area contributed by atoms with E-state index in [9.17, 15) is 9.59 Å². The van der Waals surface area contributed by atoms with Gasteiger partial charge in [-0.2, -0.15) is 0 Å². The van der Waals surface area contributed by atoms with Crippen molar-refractivity contribution in [1.29, 1.82) is 0 Å². The number of hydrogen-bond donors (Lipinski definition) is 2. The van der Waals surface area contributed by atoms with E-state index in [0.29, 0.717) is 12.8 Å². The number of carbonyl (C=O) groups is 2. The van der Waals surface area contributed by atoms with Crippen LogP contribution < -0.4 is 10.9 Å². The van der Waals surface area contributed by atoms with Gasteiger partial charge in [0.1, 0.15) is 12.7 Å². The molecule has 10 heteroatoms. The Bertz CT molecular complexity index is 212. The van der Waals surface area contributed by atoms with E-state index < -0.39 is 0 Å². The summed E-state index contributed by atoms with van der Waals surface area (Å²) in [7, 11) is 7.59. The summed E-state index contributed by atoms with van der Waals surface area (Å²) in [6.45, 7) is 0. The van der Waals surface area contributed by atoms with Gasteiger partial charge in [0.25, 0.3) is 0 Å². The summed E-state index contributed by atoms with van der Waals surface area (Å²) in [5.74, 6) is 0. The highest BCUT2D eigenvalue weighted by Gasteiger charge is 1.74. The van der Waals surface area contributed by atoms with Crippen LogP contribution in [-0.2, 0) is 9.59 Å². The number of halogens is 2. The second kappa shape index (κ2) is 20.8. The van der Waals surface area contributed by atoms with E-state index in [4.69, 9.17) is 0 Å². The minimum absolute atomic E-state index is 0. The molecule has 0 aliphatic carbocycles. The predicted molar refractivity (Wildman–Crippen MR) is 77.3 cm³/mol. The lowest BCUT2D eigenvalue weighted by atomic mass is 10.9. The molecule has 0 aromatic rings. The Morgan fingerprint density at radius 1 is 0.778 bits per heavy atom. The van der Waals surface area contributed by atoms with E-state index in [1.807, 2.05) is 48.8 Å². The fourth-order valence-corrected chi connectivity index (χ4v) is 0.334. The number of hydrazine groups is 1. The van der Waals surface area contributed by atoms with Crippen LogP contribution in [0.1, 0.15) is 0 Å². The highest BCUT2D eigenvalue weighted by molar-refractivity contribution is 5.85. The first-order valence-corrected chi connectivity index (χ1v) is 4.32. The van der Waals surface area contributed by atoms with Gasteiger partial charge in [-0.25, -0.2) is 0 Å². The molecule has 2 N–H and O–H groups in total. The maximum absolute atomic E-state index is 9.23. The Labute approximate surface area is 119 Å². The molecule has 0 aromatic carbocycles. The van der Waals surface area contributed by atoms with Crippen molar-refractivity contribution in [2.75, 3.05) is 28.2 Å². The van der Waals surface area contributed by atoms with Crippen LogP contribution in [0.3, 0.4) is 0 Å². The number of carbonyl (C=O) groups excluding carboxylic acids is 2. The van der Waals surface area contributed by atoms with E-state index in [-0.39, 0.29) is 24.8 Å². The van der Waals surface area contributed by atoms with Crippen molar-refractivity contribution in [1.82, 2.24) is 20.7 Å². The van der Waals surface area contributed by atoms with Crippen LogP contribution in [0.4, 0.5) is 0 Å². The molecule has 0 aliphatic rings. The van der Waals surface area contributed by atoms with Gasteiger partial charge in [0.2, 0.25) is 12.8 Å². The molecule has 18 heavy (non-hydrogen) atoms. The van der Waals surface area contributed by atoms with Crippen LogP contribution in [0.25, 0.3) is 0 Å². The first kappa shape index (κ1) is 25.3. The lowest BCUT2D eigenvalue weighted by Gasteiger charge is -2.01. The molecule has 108 valence electrons. The van der Waals surface area contributed by atoms with Gasteiger partial charge < -0.3 is 9.80 Å². The molecular weight excluding hydrogens is 283 g/mol. The normalized spacial score (nSPS) is 8.22. The standard InChI is InChI=1S/C6H14N4.C2H4N2O2.2ClH/c1-9(2)5-7-8-6-10(3)4;5-1-3-4-2-6;;/h5-6H,1-4H3;1-2H,(H,3,5)(H,4,6);2*1H/b7-5+,8-6+;;;. The number of hydrogen-bond acceptors (Lipinski definition) is 4. The van der Waals surface area contributed by atoms with Crippen LogP contribution >= 0.6 is 24.8 Å². The van der Waals surface area contributed by atoms with Gasteiger partial charge in [-0.05, 0) is 0 Å². The Morgan fingerprint density at radius 2 is 1.06 bits per heavy atom. The molecular formula is C8H20Cl2N6O2. The summed E-state index contributed by atoms with van der Waals surface area (Å²) in [5.41, 5.74) is 3.80. The van der Waals surface area contributed by atoms with Gasteiger partial charge >= 0.3 is 0 Å². The molecule has 0 radical (unpaired) electrons. The van der Waals surface area contributed by atoms with E-state index in [1.165, 1.54) is 0 Å².